The van der Waals surface area contributed by atoms with Crippen LogP contribution in [0.25, 0.3) is 0 Å². The molecule has 0 bridgehead atoms. The third-order valence-corrected chi connectivity index (χ3v) is 4.39. The van der Waals surface area contributed by atoms with Gasteiger partial charge in [0.25, 0.3) is 5.91 Å². The zero-order valence-corrected chi connectivity index (χ0v) is 14.0. The van der Waals surface area contributed by atoms with Crippen molar-refractivity contribution in [2.45, 2.75) is 12.6 Å². The third kappa shape index (κ3) is 2.89. The largest absolute Gasteiger partial charge is 0.508 e. The molecule has 0 aliphatic carbocycles. The number of furan rings is 2. The number of ketones is 1. The van der Waals surface area contributed by atoms with Crippen molar-refractivity contribution in [3.8, 4) is 5.75 Å². The number of hydrogen-bond donors (Lipinski definition) is 2. The molecule has 7 heteroatoms. The molecule has 3 aromatic rings. The van der Waals surface area contributed by atoms with E-state index in [0.717, 1.165) is 0 Å². The molecule has 0 saturated heterocycles. The summed E-state index contributed by atoms with van der Waals surface area (Å²) < 4.78 is 10.5. The molecule has 1 aromatic carbocycles. The predicted molar refractivity (Wildman–Crippen MR) is 92.8 cm³/mol. The number of rotatable bonds is 5. The molecule has 4 rings (SSSR count). The van der Waals surface area contributed by atoms with Gasteiger partial charge < -0.3 is 23.9 Å². The summed E-state index contributed by atoms with van der Waals surface area (Å²) in [5, 5.41) is 20.3. The number of hydrogen-bond acceptors (Lipinski definition) is 6. The van der Waals surface area contributed by atoms with Crippen LogP contribution in [0.5, 0.6) is 5.75 Å². The molecular weight excluding hydrogens is 350 g/mol. The summed E-state index contributed by atoms with van der Waals surface area (Å²) in [5.41, 5.74) is 0.376. The van der Waals surface area contributed by atoms with E-state index < -0.39 is 23.5 Å². The fourth-order valence-corrected chi connectivity index (χ4v) is 3.20. The van der Waals surface area contributed by atoms with E-state index in [1.54, 1.807) is 30.3 Å². The zero-order chi connectivity index (χ0) is 19.0. The fourth-order valence-electron chi connectivity index (χ4n) is 3.20. The Morgan fingerprint density at radius 2 is 1.81 bits per heavy atom. The maximum atomic E-state index is 12.9. The first-order valence-electron chi connectivity index (χ1n) is 8.20. The Kier molecular flexibility index (Phi) is 4.04. The van der Waals surface area contributed by atoms with Crippen molar-refractivity contribution in [1.82, 2.24) is 4.90 Å². The Hall–Kier alpha value is -3.74. The quantitative estimate of drug-likeness (QED) is 0.672. The lowest BCUT2D eigenvalue weighted by Crippen LogP contribution is -2.30. The minimum Gasteiger partial charge on any atom is -0.508 e. The van der Waals surface area contributed by atoms with Crippen LogP contribution in [0.15, 0.2) is 81.2 Å². The van der Waals surface area contributed by atoms with Gasteiger partial charge in [0.1, 0.15) is 11.5 Å². The minimum absolute atomic E-state index is 0.00866. The van der Waals surface area contributed by atoms with E-state index in [2.05, 4.69) is 0 Å². The van der Waals surface area contributed by atoms with Gasteiger partial charge in [0.2, 0.25) is 5.78 Å². The third-order valence-electron chi connectivity index (χ3n) is 4.39. The minimum atomic E-state index is -0.896. The standard InChI is InChI=1S/C20H15NO6/c22-13-5-1-4-12(10-13)17-16(18(23)15-7-3-9-27-15)19(24)20(25)21(17)11-14-6-2-8-26-14/h1-10,17,22,24H,11H2/t17-/m1/s1. The lowest BCUT2D eigenvalue weighted by molar-refractivity contribution is -0.130. The van der Waals surface area contributed by atoms with Gasteiger partial charge in [-0.1, -0.05) is 12.1 Å². The van der Waals surface area contributed by atoms with Crippen molar-refractivity contribution in [3.63, 3.8) is 0 Å². The molecule has 1 aliphatic rings. The fraction of sp³-hybridized carbons (Fsp3) is 0.100. The first kappa shape index (κ1) is 16.7. The van der Waals surface area contributed by atoms with Gasteiger partial charge in [-0.25, -0.2) is 0 Å². The van der Waals surface area contributed by atoms with Crippen LogP contribution >= 0.6 is 0 Å². The first-order valence-corrected chi connectivity index (χ1v) is 8.20. The molecule has 0 radical (unpaired) electrons. The smallest absolute Gasteiger partial charge is 0.290 e. The van der Waals surface area contributed by atoms with Crippen molar-refractivity contribution in [2.75, 3.05) is 0 Å². The molecule has 1 aliphatic heterocycles. The Bertz CT molecular complexity index is 1020. The highest BCUT2D eigenvalue weighted by Crippen LogP contribution is 2.40. The number of amides is 1. The van der Waals surface area contributed by atoms with Crippen LogP contribution in [0.4, 0.5) is 0 Å². The van der Waals surface area contributed by atoms with Crippen molar-refractivity contribution in [1.29, 1.82) is 0 Å². The molecular formula is C20H15NO6. The molecule has 2 N–H and O–H groups in total. The van der Waals surface area contributed by atoms with Crippen molar-refractivity contribution in [2.24, 2.45) is 0 Å². The van der Waals surface area contributed by atoms with Crippen LogP contribution in [0, 0.1) is 0 Å². The number of nitrogens with zero attached hydrogens (tertiary/aromatic N) is 1. The number of aliphatic hydroxyl groups is 1. The van der Waals surface area contributed by atoms with Crippen LogP contribution in [0.2, 0.25) is 0 Å². The van der Waals surface area contributed by atoms with E-state index in [4.69, 9.17) is 8.83 Å². The zero-order valence-electron chi connectivity index (χ0n) is 14.0. The van der Waals surface area contributed by atoms with Crippen molar-refractivity contribution in [3.05, 3.63) is 89.5 Å². The summed E-state index contributed by atoms with van der Waals surface area (Å²) in [6, 6.07) is 11.7. The van der Waals surface area contributed by atoms with Crippen LogP contribution < -0.4 is 0 Å². The topological polar surface area (TPSA) is 104 Å². The summed E-state index contributed by atoms with van der Waals surface area (Å²) in [5.74, 6) is -1.46. The summed E-state index contributed by atoms with van der Waals surface area (Å²) in [7, 11) is 0. The highest BCUT2D eigenvalue weighted by molar-refractivity contribution is 6.14. The molecule has 0 unspecified atom stereocenters. The Morgan fingerprint density at radius 3 is 2.48 bits per heavy atom. The van der Waals surface area contributed by atoms with Crippen LogP contribution in [-0.2, 0) is 11.3 Å². The van der Waals surface area contributed by atoms with E-state index in [-0.39, 0.29) is 23.6 Å². The SMILES string of the molecule is O=C(C1=C(O)C(=O)N(Cc2ccco2)[C@@H]1c1cccc(O)c1)c1ccco1. The maximum absolute atomic E-state index is 12.9. The lowest BCUT2D eigenvalue weighted by atomic mass is 9.95. The molecule has 7 nitrogen and oxygen atoms in total. The average Bonchev–Trinajstić information content (AvgIpc) is 3.40. The highest BCUT2D eigenvalue weighted by atomic mass is 16.3. The number of Topliss-reactive ketones (excluding diaryl/α,β-unsaturated/α-hetero) is 1. The second-order valence-electron chi connectivity index (χ2n) is 6.08. The number of benzene rings is 1. The molecule has 1 amide bonds. The summed E-state index contributed by atoms with van der Waals surface area (Å²) >= 11 is 0. The molecule has 0 saturated carbocycles. The van der Waals surface area contributed by atoms with Crippen LogP contribution in [0.3, 0.4) is 0 Å². The monoisotopic (exact) mass is 365 g/mol. The van der Waals surface area contributed by atoms with Gasteiger partial charge >= 0.3 is 0 Å². The normalized spacial score (nSPS) is 17.0. The summed E-state index contributed by atoms with van der Waals surface area (Å²) in [4.78, 5) is 26.9. The van der Waals surface area contributed by atoms with Gasteiger partial charge in [0.05, 0.1) is 30.7 Å². The van der Waals surface area contributed by atoms with Gasteiger partial charge in [-0.05, 0) is 42.0 Å². The molecule has 3 heterocycles. The van der Waals surface area contributed by atoms with Gasteiger partial charge in [-0.15, -0.1) is 0 Å². The van der Waals surface area contributed by atoms with E-state index in [0.29, 0.717) is 11.3 Å². The molecule has 27 heavy (non-hydrogen) atoms. The van der Waals surface area contributed by atoms with E-state index in [1.807, 2.05) is 0 Å². The number of aliphatic hydroxyl groups excluding tert-OH is 1. The van der Waals surface area contributed by atoms with Crippen LogP contribution in [-0.4, -0.2) is 26.8 Å². The average molecular weight is 365 g/mol. The second kappa shape index (κ2) is 6.53. The van der Waals surface area contributed by atoms with Crippen molar-refractivity contribution < 1.29 is 28.6 Å². The predicted octanol–water partition coefficient (Wildman–Crippen LogP) is 3.36. The van der Waals surface area contributed by atoms with Gasteiger partial charge in [0.15, 0.2) is 11.5 Å². The highest BCUT2D eigenvalue weighted by Gasteiger charge is 2.44. The summed E-state index contributed by atoms with van der Waals surface area (Å²) in [6.45, 7) is 0.0468. The van der Waals surface area contributed by atoms with E-state index >= 15 is 0 Å². The number of phenols is 1. The number of carbonyl (C=O) groups is 2. The maximum Gasteiger partial charge on any atom is 0.290 e. The van der Waals surface area contributed by atoms with Gasteiger partial charge in [-0.2, -0.15) is 0 Å². The Balaban J connectivity index is 1.81. The number of phenolic OH excluding ortho intramolecular Hbond substituents is 1. The molecule has 0 fully saturated rings. The second-order valence-corrected chi connectivity index (χ2v) is 6.08. The van der Waals surface area contributed by atoms with E-state index in [1.165, 1.54) is 35.6 Å². The summed E-state index contributed by atoms with van der Waals surface area (Å²) in [6.07, 6.45) is 2.81. The van der Waals surface area contributed by atoms with Crippen molar-refractivity contribution >= 4 is 11.7 Å². The number of carbonyl (C=O) groups excluding carboxylic acids is 2. The lowest BCUT2D eigenvalue weighted by Gasteiger charge is -2.25. The number of aromatic hydroxyl groups is 1. The Morgan fingerprint density at radius 1 is 1.04 bits per heavy atom. The van der Waals surface area contributed by atoms with Gasteiger partial charge in [-0.3, -0.25) is 9.59 Å². The molecule has 2 aromatic heterocycles. The molecule has 136 valence electrons. The Labute approximate surface area is 153 Å². The van der Waals surface area contributed by atoms with Crippen LogP contribution in [0.1, 0.15) is 27.9 Å². The molecule has 1 atom stereocenters. The van der Waals surface area contributed by atoms with Gasteiger partial charge in [0, 0.05) is 0 Å². The van der Waals surface area contributed by atoms with E-state index in [9.17, 15) is 19.8 Å². The first-order chi connectivity index (χ1) is 13.1. The molecule has 0 spiro atoms.